The number of Topliss-reactive ketones (excluding diaryl/α,β-unsaturated/α-hetero) is 1. The summed E-state index contributed by atoms with van der Waals surface area (Å²) in [5.74, 6) is -0.957. The molecule has 0 N–H and O–H groups in total. The van der Waals surface area contributed by atoms with Crippen LogP contribution >= 0.6 is 23.2 Å². The molecule has 0 amide bonds. The molecule has 0 aliphatic rings. The number of benzene rings is 1. The molecule has 5 heteroatoms. The molecular weight excluding hydrogens is 276 g/mol. The molecular formula is C13H8Cl2FNO. The first-order chi connectivity index (χ1) is 8.52. The van der Waals surface area contributed by atoms with Gasteiger partial charge in [-0.1, -0.05) is 29.3 Å². The summed E-state index contributed by atoms with van der Waals surface area (Å²) in [6, 6.07) is 6.13. The van der Waals surface area contributed by atoms with Gasteiger partial charge in [0.2, 0.25) is 0 Å². The molecule has 92 valence electrons. The molecule has 0 saturated carbocycles. The van der Waals surface area contributed by atoms with Crippen LogP contribution in [-0.2, 0) is 0 Å². The highest BCUT2D eigenvalue weighted by atomic mass is 35.5. The number of rotatable bonds is 2. The standard InChI is InChI=1S/C13H8Cl2FNO/c1-7(18)8-6-9(16)11(13(15)12(8)14)10-4-2-3-5-17-10/h2-6H,1H3. The predicted molar refractivity (Wildman–Crippen MR) is 69.7 cm³/mol. The van der Waals surface area contributed by atoms with E-state index in [-0.39, 0.29) is 27.0 Å². The lowest BCUT2D eigenvalue weighted by Gasteiger charge is -2.09. The minimum atomic E-state index is -0.617. The molecule has 0 atom stereocenters. The summed E-state index contributed by atoms with van der Waals surface area (Å²) in [6.07, 6.45) is 1.53. The molecule has 0 fully saturated rings. The van der Waals surface area contributed by atoms with Crippen molar-refractivity contribution < 1.29 is 9.18 Å². The molecule has 0 aliphatic carbocycles. The Morgan fingerprint density at radius 3 is 2.56 bits per heavy atom. The minimum absolute atomic E-state index is 0.000525. The van der Waals surface area contributed by atoms with E-state index in [1.807, 2.05) is 0 Å². The Bertz CT molecular complexity index is 614. The smallest absolute Gasteiger partial charge is 0.161 e. The van der Waals surface area contributed by atoms with Crippen LogP contribution in [0.2, 0.25) is 10.0 Å². The number of carbonyl (C=O) groups excluding carboxylic acids is 1. The zero-order chi connectivity index (χ0) is 13.3. The first kappa shape index (κ1) is 13.0. The first-order valence-electron chi connectivity index (χ1n) is 5.12. The van der Waals surface area contributed by atoms with E-state index in [4.69, 9.17) is 23.2 Å². The summed E-state index contributed by atoms with van der Waals surface area (Å²) in [6.45, 7) is 1.30. The van der Waals surface area contributed by atoms with Gasteiger partial charge in [0.1, 0.15) is 5.82 Å². The normalized spacial score (nSPS) is 10.4. The topological polar surface area (TPSA) is 30.0 Å². The molecule has 2 aromatic rings. The van der Waals surface area contributed by atoms with Gasteiger partial charge in [-0.25, -0.2) is 4.39 Å². The summed E-state index contributed by atoms with van der Waals surface area (Å²) in [5, 5.41) is 0.0480. The van der Waals surface area contributed by atoms with Gasteiger partial charge in [-0.05, 0) is 25.1 Å². The predicted octanol–water partition coefficient (Wildman–Crippen LogP) is 4.40. The van der Waals surface area contributed by atoms with Crippen LogP contribution in [-0.4, -0.2) is 10.8 Å². The SMILES string of the molecule is CC(=O)c1cc(F)c(-c2ccccn2)c(Cl)c1Cl. The number of carbonyl (C=O) groups is 1. The molecule has 1 heterocycles. The molecule has 1 aromatic carbocycles. The van der Waals surface area contributed by atoms with Crippen LogP contribution in [0, 0.1) is 5.82 Å². The molecule has 0 aliphatic heterocycles. The van der Waals surface area contributed by atoms with Crippen LogP contribution < -0.4 is 0 Å². The van der Waals surface area contributed by atoms with Crippen LogP contribution in [0.4, 0.5) is 4.39 Å². The quantitative estimate of drug-likeness (QED) is 0.604. The number of nitrogens with zero attached hydrogens (tertiary/aromatic N) is 1. The molecule has 0 spiro atoms. The van der Waals surface area contributed by atoms with Crippen molar-refractivity contribution in [2.45, 2.75) is 6.92 Å². The van der Waals surface area contributed by atoms with E-state index >= 15 is 0 Å². The fourth-order valence-corrected chi connectivity index (χ4v) is 2.17. The monoisotopic (exact) mass is 283 g/mol. The van der Waals surface area contributed by atoms with Crippen molar-refractivity contribution in [3.63, 3.8) is 0 Å². The van der Waals surface area contributed by atoms with Crippen LogP contribution in [0.25, 0.3) is 11.3 Å². The molecule has 18 heavy (non-hydrogen) atoms. The third-order valence-corrected chi connectivity index (χ3v) is 3.33. The van der Waals surface area contributed by atoms with Crippen molar-refractivity contribution in [3.05, 3.63) is 51.9 Å². The maximum atomic E-state index is 14.0. The average molecular weight is 284 g/mol. The number of halogens is 3. The summed E-state index contributed by atoms with van der Waals surface area (Å²) in [7, 11) is 0. The van der Waals surface area contributed by atoms with E-state index in [1.54, 1.807) is 18.2 Å². The lowest BCUT2D eigenvalue weighted by molar-refractivity contribution is 0.101. The second-order valence-corrected chi connectivity index (χ2v) is 4.44. The highest BCUT2D eigenvalue weighted by molar-refractivity contribution is 6.45. The summed E-state index contributed by atoms with van der Waals surface area (Å²) in [4.78, 5) is 15.3. The van der Waals surface area contributed by atoms with Crippen LogP contribution in [0.15, 0.2) is 30.5 Å². The zero-order valence-electron chi connectivity index (χ0n) is 9.38. The molecule has 2 rings (SSSR count). The number of hydrogen-bond donors (Lipinski definition) is 0. The Morgan fingerprint density at radius 2 is 2.00 bits per heavy atom. The molecule has 2 nitrogen and oxygen atoms in total. The van der Waals surface area contributed by atoms with Crippen LogP contribution in [0.3, 0.4) is 0 Å². The van der Waals surface area contributed by atoms with Gasteiger partial charge in [-0.15, -0.1) is 0 Å². The van der Waals surface area contributed by atoms with E-state index in [0.717, 1.165) is 6.07 Å². The van der Waals surface area contributed by atoms with Gasteiger partial charge in [0.25, 0.3) is 0 Å². The zero-order valence-corrected chi connectivity index (χ0v) is 10.9. The highest BCUT2D eigenvalue weighted by Gasteiger charge is 2.19. The Hall–Kier alpha value is -1.45. The Kier molecular flexibility index (Phi) is 3.64. The van der Waals surface area contributed by atoms with Gasteiger partial charge in [-0.3, -0.25) is 9.78 Å². The molecule has 0 radical (unpaired) electrons. The summed E-state index contributed by atoms with van der Waals surface area (Å²) >= 11 is 12.0. The minimum Gasteiger partial charge on any atom is -0.294 e. The third kappa shape index (κ3) is 2.24. The fourth-order valence-electron chi connectivity index (χ4n) is 1.60. The Balaban J connectivity index is 2.71. The first-order valence-corrected chi connectivity index (χ1v) is 5.87. The highest BCUT2D eigenvalue weighted by Crippen LogP contribution is 2.37. The van der Waals surface area contributed by atoms with Crippen LogP contribution in [0.1, 0.15) is 17.3 Å². The van der Waals surface area contributed by atoms with E-state index in [0.29, 0.717) is 5.69 Å². The summed E-state index contributed by atoms with van der Waals surface area (Å²) in [5.41, 5.74) is 0.545. The molecule has 0 unspecified atom stereocenters. The molecule has 0 bridgehead atoms. The number of hydrogen-bond acceptors (Lipinski definition) is 2. The lowest BCUT2D eigenvalue weighted by atomic mass is 10.1. The van der Waals surface area contributed by atoms with Gasteiger partial charge in [0.15, 0.2) is 5.78 Å². The van der Waals surface area contributed by atoms with Gasteiger partial charge >= 0.3 is 0 Å². The van der Waals surface area contributed by atoms with Crippen molar-refractivity contribution in [1.82, 2.24) is 4.98 Å². The Morgan fingerprint density at radius 1 is 1.28 bits per heavy atom. The third-order valence-electron chi connectivity index (χ3n) is 2.46. The summed E-state index contributed by atoms with van der Waals surface area (Å²) < 4.78 is 14.0. The van der Waals surface area contributed by atoms with Gasteiger partial charge < -0.3 is 0 Å². The van der Waals surface area contributed by atoms with Crippen molar-refractivity contribution in [2.75, 3.05) is 0 Å². The number of ketones is 1. The maximum Gasteiger partial charge on any atom is 0.161 e. The van der Waals surface area contributed by atoms with E-state index in [1.165, 1.54) is 13.1 Å². The van der Waals surface area contributed by atoms with Crippen molar-refractivity contribution >= 4 is 29.0 Å². The lowest BCUT2D eigenvalue weighted by Crippen LogP contribution is -1.99. The second kappa shape index (κ2) is 5.04. The van der Waals surface area contributed by atoms with Gasteiger partial charge in [-0.2, -0.15) is 0 Å². The molecule has 1 aromatic heterocycles. The maximum absolute atomic E-state index is 14.0. The van der Waals surface area contributed by atoms with Gasteiger partial charge in [0, 0.05) is 11.8 Å². The van der Waals surface area contributed by atoms with Crippen LogP contribution in [0.5, 0.6) is 0 Å². The second-order valence-electron chi connectivity index (χ2n) is 3.68. The Labute approximate surface area is 113 Å². The van der Waals surface area contributed by atoms with E-state index in [9.17, 15) is 9.18 Å². The van der Waals surface area contributed by atoms with Crippen molar-refractivity contribution in [3.8, 4) is 11.3 Å². The van der Waals surface area contributed by atoms with Crippen molar-refractivity contribution in [2.24, 2.45) is 0 Å². The largest absolute Gasteiger partial charge is 0.294 e. The average Bonchev–Trinajstić information content (AvgIpc) is 2.35. The van der Waals surface area contributed by atoms with Crippen molar-refractivity contribution in [1.29, 1.82) is 0 Å². The fraction of sp³-hybridized carbons (Fsp3) is 0.0769. The number of aromatic nitrogens is 1. The molecule has 0 saturated heterocycles. The van der Waals surface area contributed by atoms with E-state index in [2.05, 4.69) is 4.98 Å². The van der Waals surface area contributed by atoms with E-state index < -0.39 is 5.82 Å². The van der Waals surface area contributed by atoms with Gasteiger partial charge in [0.05, 0.1) is 21.3 Å². The number of pyridine rings is 1.